The minimum absolute atomic E-state index is 0.0466. The van der Waals surface area contributed by atoms with Crippen LogP contribution in [0.3, 0.4) is 0 Å². The second-order valence-corrected chi connectivity index (χ2v) is 5.47. The first kappa shape index (κ1) is 16.9. The van der Waals surface area contributed by atoms with Crippen molar-refractivity contribution in [1.29, 1.82) is 0 Å². The zero-order chi connectivity index (χ0) is 16.7. The Morgan fingerprint density at radius 1 is 1.26 bits per heavy atom. The highest BCUT2D eigenvalue weighted by Crippen LogP contribution is 2.19. The number of hydrogen-bond acceptors (Lipinski definition) is 4. The number of carbonyl (C=O) groups excluding carboxylic acids is 1. The number of carbonyl (C=O) groups is 1. The molecule has 124 valence electrons. The second kappa shape index (κ2) is 7.69. The summed E-state index contributed by atoms with van der Waals surface area (Å²) in [5.74, 6) is 1.20. The molecule has 2 amide bonds. The predicted octanol–water partition coefficient (Wildman–Crippen LogP) is 2.17. The summed E-state index contributed by atoms with van der Waals surface area (Å²) < 4.78 is 10.7. The first-order chi connectivity index (χ1) is 11.0. The van der Waals surface area contributed by atoms with E-state index >= 15 is 0 Å². The smallest absolute Gasteiger partial charge is 0.315 e. The quantitative estimate of drug-likeness (QED) is 0.683. The molecule has 1 aromatic carbocycles. The summed E-state index contributed by atoms with van der Waals surface area (Å²) in [6.45, 7) is 4.32. The van der Waals surface area contributed by atoms with E-state index < -0.39 is 5.60 Å². The van der Waals surface area contributed by atoms with E-state index in [0.29, 0.717) is 18.9 Å². The molecule has 6 nitrogen and oxygen atoms in total. The molecule has 1 unspecified atom stereocenters. The molecule has 0 saturated carbocycles. The molecule has 3 N–H and O–H groups in total. The van der Waals surface area contributed by atoms with Gasteiger partial charge in [-0.15, -0.1) is 0 Å². The third-order valence-corrected chi connectivity index (χ3v) is 3.38. The Kier molecular flexibility index (Phi) is 5.65. The lowest BCUT2D eigenvalue weighted by Crippen LogP contribution is -2.44. The van der Waals surface area contributed by atoms with Gasteiger partial charge in [-0.05, 0) is 37.6 Å². The zero-order valence-electron chi connectivity index (χ0n) is 13.3. The van der Waals surface area contributed by atoms with Gasteiger partial charge in [0.05, 0.1) is 19.4 Å². The van der Waals surface area contributed by atoms with E-state index in [1.807, 2.05) is 31.2 Å². The van der Waals surface area contributed by atoms with Crippen molar-refractivity contribution in [3.05, 3.63) is 54.0 Å². The SMILES string of the molecule is Cc1ccccc1OCCNC(=O)NCC(C)(O)c1ccco1. The molecule has 2 aromatic rings. The lowest BCUT2D eigenvalue weighted by molar-refractivity contribution is 0.0367. The summed E-state index contributed by atoms with van der Waals surface area (Å²) in [5, 5.41) is 15.5. The van der Waals surface area contributed by atoms with Crippen LogP contribution in [0.15, 0.2) is 47.1 Å². The number of amides is 2. The van der Waals surface area contributed by atoms with Crippen molar-refractivity contribution in [3.63, 3.8) is 0 Å². The van der Waals surface area contributed by atoms with Gasteiger partial charge in [0.1, 0.15) is 23.7 Å². The number of benzene rings is 1. The molecule has 1 heterocycles. The maximum absolute atomic E-state index is 11.7. The summed E-state index contributed by atoms with van der Waals surface area (Å²) in [6.07, 6.45) is 1.48. The molecule has 6 heteroatoms. The fourth-order valence-electron chi connectivity index (χ4n) is 2.03. The molecule has 0 bridgehead atoms. The Morgan fingerprint density at radius 2 is 2.04 bits per heavy atom. The molecule has 23 heavy (non-hydrogen) atoms. The van der Waals surface area contributed by atoms with Gasteiger partial charge in [-0.2, -0.15) is 0 Å². The molecule has 0 aliphatic carbocycles. The van der Waals surface area contributed by atoms with Gasteiger partial charge in [-0.1, -0.05) is 18.2 Å². The van der Waals surface area contributed by atoms with Crippen molar-refractivity contribution < 1.29 is 19.1 Å². The first-order valence-electron chi connectivity index (χ1n) is 7.45. The van der Waals surface area contributed by atoms with Gasteiger partial charge in [-0.25, -0.2) is 4.79 Å². The van der Waals surface area contributed by atoms with Crippen LogP contribution in [0.25, 0.3) is 0 Å². The van der Waals surface area contributed by atoms with Crippen LogP contribution in [0.2, 0.25) is 0 Å². The van der Waals surface area contributed by atoms with E-state index in [1.165, 1.54) is 6.26 Å². The summed E-state index contributed by atoms with van der Waals surface area (Å²) in [4.78, 5) is 11.7. The van der Waals surface area contributed by atoms with Gasteiger partial charge < -0.3 is 24.9 Å². The largest absolute Gasteiger partial charge is 0.491 e. The molecule has 1 atom stereocenters. The monoisotopic (exact) mass is 318 g/mol. The van der Waals surface area contributed by atoms with Crippen molar-refractivity contribution in [2.75, 3.05) is 19.7 Å². The summed E-state index contributed by atoms with van der Waals surface area (Å²) >= 11 is 0. The molecular formula is C17H22N2O4. The number of ether oxygens (including phenoxy) is 1. The Balaban J connectivity index is 1.67. The minimum Gasteiger partial charge on any atom is -0.491 e. The molecule has 1 aromatic heterocycles. The van der Waals surface area contributed by atoms with Crippen LogP contribution in [-0.2, 0) is 5.60 Å². The summed E-state index contributed by atoms with van der Waals surface area (Å²) in [7, 11) is 0. The highest BCUT2D eigenvalue weighted by molar-refractivity contribution is 5.73. The van der Waals surface area contributed by atoms with Gasteiger partial charge >= 0.3 is 6.03 Å². The van der Waals surface area contributed by atoms with Crippen LogP contribution in [-0.4, -0.2) is 30.8 Å². The lowest BCUT2D eigenvalue weighted by Gasteiger charge is -2.21. The van der Waals surface area contributed by atoms with Gasteiger partial charge in [0.15, 0.2) is 0 Å². The maximum Gasteiger partial charge on any atom is 0.315 e. The Hall–Kier alpha value is -2.47. The van der Waals surface area contributed by atoms with E-state index in [4.69, 9.17) is 9.15 Å². The third kappa shape index (κ3) is 5.03. The molecular weight excluding hydrogens is 296 g/mol. The Bertz CT molecular complexity index is 623. The molecule has 0 fully saturated rings. The van der Waals surface area contributed by atoms with Crippen LogP contribution in [0, 0.1) is 6.92 Å². The minimum atomic E-state index is -1.25. The predicted molar refractivity (Wildman–Crippen MR) is 86.4 cm³/mol. The highest BCUT2D eigenvalue weighted by Gasteiger charge is 2.26. The van der Waals surface area contributed by atoms with Crippen LogP contribution in [0.1, 0.15) is 18.2 Å². The molecule has 2 rings (SSSR count). The molecule has 0 aliphatic rings. The molecule has 0 radical (unpaired) electrons. The van der Waals surface area contributed by atoms with Crippen molar-refractivity contribution in [2.45, 2.75) is 19.4 Å². The van der Waals surface area contributed by atoms with Crippen LogP contribution >= 0.6 is 0 Å². The fraction of sp³-hybridized carbons (Fsp3) is 0.353. The number of hydrogen-bond donors (Lipinski definition) is 3. The fourth-order valence-corrected chi connectivity index (χ4v) is 2.03. The van der Waals surface area contributed by atoms with Crippen molar-refractivity contribution in [3.8, 4) is 5.75 Å². The van der Waals surface area contributed by atoms with Crippen LogP contribution < -0.4 is 15.4 Å². The highest BCUT2D eigenvalue weighted by atomic mass is 16.5. The van der Waals surface area contributed by atoms with Crippen LogP contribution in [0.5, 0.6) is 5.75 Å². The van der Waals surface area contributed by atoms with Gasteiger partial charge in [0.2, 0.25) is 0 Å². The topological polar surface area (TPSA) is 83.7 Å². The standard InChI is InChI=1S/C17H22N2O4/c1-13-6-3-4-7-14(13)22-11-9-18-16(20)19-12-17(2,21)15-8-5-10-23-15/h3-8,10,21H,9,11-12H2,1-2H3,(H2,18,19,20). The first-order valence-corrected chi connectivity index (χ1v) is 7.45. The number of para-hydroxylation sites is 1. The van der Waals surface area contributed by atoms with E-state index in [9.17, 15) is 9.90 Å². The Morgan fingerprint density at radius 3 is 2.74 bits per heavy atom. The average Bonchev–Trinajstić information content (AvgIpc) is 3.06. The van der Waals surface area contributed by atoms with Crippen molar-refractivity contribution in [2.24, 2.45) is 0 Å². The summed E-state index contributed by atoms with van der Waals surface area (Å²) in [6, 6.07) is 10.7. The summed E-state index contributed by atoms with van der Waals surface area (Å²) in [5.41, 5.74) is -0.204. The van der Waals surface area contributed by atoms with Gasteiger partial charge in [-0.3, -0.25) is 0 Å². The van der Waals surface area contributed by atoms with E-state index in [1.54, 1.807) is 19.1 Å². The molecule has 0 saturated heterocycles. The van der Waals surface area contributed by atoms with Gasteiger partial charge in [0, 0.05) is 0 Å². The van der Waals surface area contributed by atoms with Crippen molar-refractivity contribution >= 4 is 6.03 Å². The zero-order valence-corrected chi connectivity index (χ0v) is 13.3. The Labute approximate surface area is 135 Å². The van der Waals surface area contributed by atoms with Crippen LogP contribution in [0.4, 0.5) is 4.79 Å². The van der Waals surface area contributed by atoms with E-state index in [-0.39, 0.29) is 12.6 Å². The number of aliphatic hydroxyl groups is 1. The third-order valence-electron chi connectivity index (χ3n) is 3.38. The van der Waals surface area contributed by atoms with E-state index in [2.05, 4.69) is 10.6 Å². The van der Waals surface area contributed by atoms with E-state index in [0.717, 1.165) is 11.3 Å². The lowest BCUT2D eigenvalue weighted by atomic mass is 10.0. The van der Waals surface area contributed by atoms with Gasteiger partial charge in [0.25, 0.3) is 0 Å². The second-order valence-electron chi connectivity index (χ2n) is 5.47. The maximum atomic E-state index is 11.7. The van der Waals surface area contributed by atoms with Crippen molar-refractivity contribution in [1.82, 2.24) is 10.6 Å². The number of rotatable bonds is 7. The average molecular weight is 318 g/mol. The number of furan rings is 1. The molecule has 0 spiro atoms. The number of nitrogens with one attached hydrogen (secondary N) is 2. The number of urea groups is 1. The number of aryl methyl sites for hydroxylation is 1. The normalized spacial score (nSPS) is 13.2. The molecule has 0 aliphatic heterocycles.